The van der Waals surface area contributed by atoms with E-state index in [0.29, 0.717) is 52.6 Å². The Hall–Kier alpha value is -3.34. The second-order valence-corrected chi connectivity index (χ2v) is 8.93. The molecular formula is C25H16BrF6NO3. The molecule has 0 saturated carbocycles. The predicted molar refractivity (Wildman–Crippen MR) is 122 cm³/mol. The summed E-state index contributed by atoms with van der Waals surface area (Å²) in [7, 11) is 0. The first kappa shape index (κ1) is 25.7. The number of hydrogen-bond donors (Lipinski definition) is 1. The highest BCUT2D eigenvalue weighted by Gasteiger charge is 2.38. The van der Waals surface area contributed by atoms with Crippen molar-refractivity contribution in [3.63, 3.8) is 0 Å². The number of carboxylic acid groups (broad SMARTS) is 1. The number of pyridine rings is 1. The van der Waals surface area contributed by atoms with Gasteiger partial charge in [0.25, 0.3) is 0 Å². The Bertz CT molecular complexity index is 1360. The van der Waals surface area contributed by atoms with Crippen LogP contribution in [0.2, 0.25) is 0 Å². The number of carbonyl (C=O) groups is 1. The van der Waals surface area contributed by atoms with Crippen molar-refractivity contribution in [3.8, 4) is 5.75 Å². The lowest BCUT2D eigenvalue weighted by atomic mass is 9.96. The number of aromatic nitrogens is 1. The molecule has 1 heterocycles. The summed E-state index contributed by atoms with van der Waals surface area (Å²) in [5.41, 5.74) is -0.944. The van der Waals surface area contributed by atoms with Crippen LogP contribution in [-0.2, 0) is 12.8 Å². The van der Waals surface area contributed by atoms with Crippen molar-refractivity contribution >= 4 is 33.0 Å². The highest BCUT2D eigenvalue weighted by molar-refractivity contribution is 9.10. The molecule has 0 radical (unpaired) electrons. The molecule has 2 aromatic carbocycles. The van der Waals surface area contributed by atoms with Crippen molar-refractivity contribution in [2.45, 2.75) is 32.0 Å². The van der Waals surface area contributed by atoms with E-state index in [-0.39, 0.29) is 11.3 Å². The lowest BCUT2D eigenvalue weighted by Crippen LogP contribution is -2.15. The van der Waals surface area contributed by atoms with Crippen LogP contribution in [0.4, 0.5) is 26.3 Å². The molecule has 36 heavy (non-hydrogen) atoms. The molecule has 1 aliphatic rings. The van der Waals surface area contributed by atoms with Crippen LogP contribution >= 0.6 is 15.9 Å². The van der Waals surface area contributed by atoms with E-state index in [0.717, 1.165) is 12.3 Å². The fourth-order valence-electron chi connectivity index (χ4n) is 4.10. The van der Waals surface area contributed by atoms with Gasteiger partial charge in [-0.15, -0.1) is 0 Å². The Morgan fingerprint density at radius 2 is 1.69 bits per heavy atom. The van der Waals surface area contributed by atoms with Gasteiger partial charge in [0.15, 0.2) is 5.69 Å². The largest absolute Gasteiger partial charge is 0.488 e. The molecule has 3 aromatic rings. The maximum Gasteiger partial charge on any atom is 0.434 e. The number of carboxylic acids is 1. The molecule has 1 aromatic heterocycles. The average molecular weight is 572 g/mol. The van der Waals surface area contributed by atoms with Crippen LogP contribution in [0.15, 0.2) is 47.1 Å². The van der Waals surface area contributed by atoms with Crippen LogP contribution in [0.5, 0.6) is 5.75 Å². The molecule has 11 heteroatoms. The van der Waals surface area contributed by atoms with Crippen molar-refractivity contribution in [2.75, 3.05) is 0 Å². The van der Waals surface area contributed by atoms with Gasteiger partial charge in [-0.1, -0.05) is 15.9 Å². The first-order valence-corrected chi connectivity index (χ1v) is 11.3. The van der Waals surface area contributed by atoms with E-state index in [2.05, 4.69) is 20.9 Å². The topological polar surface area (TPSA) is 59.4 Å². The van der Waals surface area contributed by atoms with E-state index in [1.807, 2.05) is 0 Å². The molecule has 4 nitrogen and oxygen atoms in total. The van der Waals surface area contributed by atoms with E-state index in [1.165, 1.54) is 0 Å². The normalized spacial score (nSPS) is 13.9. The minimum absolute atomic E-state index is 0.217. The predicted octanol–water partition coefficient (Wildman–Crippen LogP) is 7.65. The lowest BCUT2D eigenvalue weighted by Gasteiger charge is -2.16. The van der Waals surface area contributed by atoms with Crippen LogP contribution in [0, 0.1) is 17.5 Å². The zero-order valence-corrected chi connectivity index (χ0v) is 19.8. The van der Waals surface area contributed by atoms with Gasteiger partial charge in [-0.25, -0.2) is 18.0 Å². The smallest absolute Gasteiger partial charge is 0.434 e. The van der Waals surface area contributed by atoms with Crippen molar-refractivity contribution in [2.24, 2.45) is 0 Å². The Kier molecular flexibility index (Phi) is 7.12. The van der Waals surface area contributed by atoms with Crippen molar-refractivity contribution in [3.05, 3.63) is 92.5 Å². The maximum atomic E-state index is 14.1. The summed E-state index contributed by atoms with van der Waals surface area (Å²) in [6, 6.07) is 6.89. The standard InChI is InChI=1S/C25H16BrF6NO3/c26-13-4-5-22(36-11-19-20(28)8-14(27)9-21(19)29)17(7-13)16-3-1-2-15(16)12-6-18(24(34)35)23(33-10-12)25(30,31)32/h4-10H,1-3,11H2,(H,34,35). The van der Waals surface area contributed by atoms with Gasteiger partial charge in [-0.2, -0.15) is 13.2 Å². The molecule has 4 rings (SSSR count). The van der Waals surface area contributed by atoms with Gasteiger partial charge in [0, 0.05) is 28.4 Å². The summed E-state index contributed by atoms with van der Waals surface area (Å²) < 4.78 is 87.4. The molecule has 0 saturated heterocycles. The van der Waals surface area contributed by atoms with Gasteiger partial charge < -0.3 is 9.84 Å². The van der Waals surface area contributed by atoms with Crippen LogP contribution in [0.25, 0.3) is 11.1 Å². The summed E-state index contributed by atoms with van der Waals surface area (Å²) in [5, 5.41) is 9.33. The molecule has 0 amide bonds. The monoisotopic (exact) mass is 571 g/mol. The molecule has 0 spiro atoms. The number of hydrogen-bond acceptors (Lipinski definition) is 3. The van der Waals surface area contributed by atoms with Gasteiger partial charge >= 0.3 is 12.1 Å². The number of nitrogens with zero attached hydrogens (tertiary/aromatic N) is 1. The second-order valence-electron chi connectivity index (χ2n) is 8.01. The zero-order valence-electron chi connectivity index (χ0n) is 18.2. The number of aromatic carboxylic acids is 1. The van der Waals surface area contributed by atoms with Crippen LogP contribution in [-0.4, -0.2) is 16.1 Å². The summed E-state index contributed by atoms with van der Waals surface area (Å²) in [5.74, 6) is -4.81. The van der Waals surface area contributed by atoms with Crippen molar-refractivity contribution < 1.29 is 41.0 Å². The molecule has 1 aliphatic carbocycles. The van der Waals surface area contributed by atoms with Crippen LogP contribution in [0.1, 0.15) is 52.0 Å². The Balaban J connectivity index is 1.76. The molecule has 0 atom stereocenters. The summed E-state index contributed by atoms with van der Waals surface area (Å²) in [6.07, 6.45) is -2.40. The van der Waals surface area contributed by atoms with Gasteiger partial charge in [-0.05, 0) is 60.2 Å². The van der Waals surface area contributed by atoms with E-state index in [4.69, 9.17) is 4.74 Å². The summed E-state index contributed by atoms with van der Waals surface area (Å²) in [6.45, 7) is -0.541. The number of allylic oxidation sites excluding steroid dienone is 2. The number of benzene rings is 2. The average Bonchev–Trinajstić information content (AvgIpc) is 3.28. The SMILES string of the molecule is O=C(O)c1cc(C2=C(c3cc(Br)ccc3OCc3c(F)cc(F)cc3F)CCC2)cnc1C(F)(F)F. The fourth-order valence-corrected chi connectivity index (χ4v) is 4.46. The van der Waals surface area contributed by atoms with Crippen molar-refractivity contribution in [1.82, 2.24) is 4.98 Å². The first-order chi connectivity index (χ1) is 17.0. The van der Waals surface area contributed by atoms with Gasteiger partial charge in [0.2, 0.25) is 0 Å². The number of ether oxygens (including phenoxy) is 1. The van der Waals surface area contributed by atoms with E-state index < -0.39 is 53.0 Å². The quantitative estimate of drug-likeness (QED) is 0.309. The number of halogens is 7. The van der Waals surface area contributed by atoms with Gasteiger partial charge in [-0.3, -0.25) is 4.98 Å². The molecule has 0 fully saturated rings. The fraction of sp³-hybridized carbons (Fsp3) is 0.200. The van der Waals surface area contributed by atoms with E-state index in [9.17, 15) is 36.2 Å². The summed E-state index contributed by atoms with van der Waals surface area (Å²) >= 11 is 3.35. The Morgan fingerprint density at radius 3 is 2.33 bits per heavy atom. The number of rotatable bonds is 6. The van der Waals surface area contributed by atoms with Gasteiger partial charge in [0.05, 0.1) is 11.1 Å². The third-order valence-electron chi connectivity index (χ3n) is 5.70. The van der Waals surface area contributed by atoms with E-state index >= 15 is 0 Å². The molecule has 0 bridgehead atoms. The van der Waals surface area contributed by atoms with Crippen LogP contribution < -0.4 is 4.74 Å². The second kappa shape index (κ2) is 9.96. The van der Waals surface area contributed by atoms with Crippen LogP contribution in [0.3, 0.4) is 0 Å². The highest BCUT2D eigenvalue weighted by Crippen LogP contribution is 2.44. The summed E-state index contributed by atoms with van der Waals surface area (Å²) in [4.78, 5) is 14.9. The Labute approximate surface area is 209 Å². The minimum Gasteiger partial charge on any atom is -0.488 e. The van der Waals surface area contributed by atoms with Gasteiger partial charge in [0.1, 0.15) is 29.8 Å². The minimum atomic E-state index is -4.94. The molecule has 0 unspecified atom stereocenters. The number of alkyl halides is 3. The maximum absolute atomic E-state index is 14.1. The molecule has 188 valence electrons. The third kappa shape index (κ3) is 5.25. The van der Waals surface area contributed by atoms with Crippen molar-refractivity contribution in [1.29, 1.82) is 0 Å². The van der Waals surface area contributed by atoms with E-state index in [1.54, 1.807) is 18.2 Å². The molecule has 0 aliphatic heterocycles. The third-order valence-corrected chi connectivity index (χ3v) is 6.19. The molecule has 1 N–H and O–H groups in total. The molecular weight excluding hydrogens is 556 g/mol. The zero-order chi connectivity index (χ0) is 26.2. The first-order valence-electron chi connectivity index (χ1n) is 10.5. The highest BCUT2D eigenvalue weighted by atomic mass is 79.9. The Morgan fingerprint density at radius 1 is 1.03 bits per heavy atom. The lowest BCUT2D eigenvalue weighted by molar-refractivity contribution is -0.141.